The lowest BCUT2D eigenvalue weighted by Gasteiger charge is -2.33. The predicted octanol–water partition coefficient (Wildman–Crippen LogP) is 7.47. The van der Waals surface area contributed by atoms with Crippen molar-refractivity contribution in [1.82, 2.24) is 5.32 Å². The summed E-state index contributed by atoms with van der Waals surface area (Å²) in [5.41, 5.74) is 5.72. The van der Waals surface area contributed by atoms with E-state index in [4.69, 9.17) is 4.74 Å². The van der Waals surface area contributed by atoms with Crippen molar-refractivity contribution in [1.29, 1.82) is 0 Å². The quantitative estimate of drug-likeness (QED) is 0.221. The highest BCUT2D eigenvalue weighted by Gasteiger charge is 2.31. The number of carboxylic acids is 1. The smallest absolute Gasteiger partial charge is 0.336 e. The predicted molar refractivity (Wildman–Crippen MR) is 157 cm³/mol. The molecule has 1 aliphatic heterocycles. The van der Waals surface area contributed by atoms with Crippen LogP contribution < -0.4 is 10.1 Å². The molecule has 4 aromatic rings. The van der Waals surface area contributed by atoms with Crippen LogP contribution in [0.2, 0.25) is 0 Å². The van der Waals surface area contributed by atoms with Gasteiger partial charge < -0.3 is 15.2 Å². The summed E-state index contributed by atoms with van der Waals surface area (Å²) < 4.78 is 6.40. The molecule has 38 heavy (non-hydrogen) atoms. The average molecular weight is 530 g/mol. The maximum absolute atomic E-state index is 11.9. The van der Waals surface area contributed by atoms with Gasteiger partial charge in [0.25, 0.3) is 0 Å². The molecule has 1 aliphatic rings. The number of benzene rings is 4. The third-order valence-corrected chi connectivity index (χ3v) is 7.72. The molecule has 0 aliphatic carbocycles. The number of halogens is 1. The Hall–Kier alpha value is -3.34. The number of ether oxygens (including phenoxy) is 1. The molecule has 198 valence electrons. The van der Waals surface area contributed by atoms with Crippen LogP contribution in [-0.2, 0) is 6.42 Å². The summed E-state index contributed by atoms with van der Waals surface area (Å²) in [7, 11) is 0. The molecule has 5 heteroatoms. The number of para-hydroxylation sites is 1. The number of carbonyl (C=O) groups is 1. The van der Waals surface area contributed by atoms with Gasteiger partial charge in [0.15, 0.2) is 0 Å². The van der Waals surface area contributed by atoms with E-state index >= 15 is 0 Å². The van der Waals surface area contributed by atoms with Crippen LogP contribution in [0.15, 0.2) is 78.9 Å². The number of fused-ring (bicyclic) bond motifs is 2. The van der Waals surface area contributed by atoms with Crippen LogP contribution in [0.1, 0.15) is 63.4 Å². The third-order valence-electron chi connectivity index (χ3n) is 7.72. The second-order valence-electron chi connectivity index (χ2n) is 10.1. The van der Waals surface area contributed by atoms with Gasteiger partial charge in [-0.3, -0.25) is 0 Å². The molecule has 4 nitrogen and oxygen atoms in total. The fraction of sp³-hybridized carbons (Fsp3) is 0.303. The van der Waals surface area contributed by atoms with E-state index in [-0.39, 0.29) is 24.4 Å². The van der Waals surface area contributed by atoms with Crippen LogP contribution in [-0.4, -0.2) is 30.3 Å². The Balaban J connectivity index is 0.00000336. The van der Waals surface area contributed by atoms with E-state index in [1.165, 1.54) is 16.3 Å². The zero-order valence-electron chi connectivity index (χ0n) is 22.1. The summed E-state index contributed by atoms with van der Waals surface area (Å²) >= 11 is 0. The molecule has 0 radical (unpaired) electrons. The van der Waals surface area contributed by atoms with Gasteiger partial charge in [-0.25, -0.2) is 4.79 Å². The fourth-order valence-electron chi connectivity index (χ4n) is 5.85. The number of aryl methyl sites for hydroxylation is 1. The molecule has 1 heterocycles. The van der Waals surface area contributed by atoms with Crippen molar-refractivity contribution in [2.45, 2.75) is 51.6 Å². The van der Waals surface area contributed by atoms with Gasteiger partial charge in [0.2, 0.25) is 0 Å². The largest absolute Gasteiger partial charge is 0.490 e. The lowest BCUT2D eigenvalue weighted by Crippen LogP contribution is -2.28. The lowest BCUT2D eigenvalue weighted by molar-refractivity contribution is 0.0695. The molecule has 0 saturated carbocycles. The molecule has 4 aromatic carbocycles. The van der Waals surface area contributed by atoms with Crippen LogP contribution in [0.25, 0.3) is 10.8 Å². The Morgan fingerprint density at radius 2 is 1.68 bits per heavy atom. The van der Waals surface area contributed by atoms with E-state index in [1.54, 1.807) is 0 Å². The van der Waals surface area contributed by atoms with Gasteiger partial charge in [0.05, 0.1) is 11.7 Å². The maximum atomic E-state index is 11.9. The zero-order valence-corrected chi connectivity index (χ0v) is 22.9. The van der Waals surface area contributed by atoms with E-state index in [0.717, 1.165) is 66.8 Å². The van der Waals surface area contributed by atoms with E-state index < -0.39 is 5.97 Å². The first-order valence-corrected chi connectivity index (χ1v) is 13.3. The first-order valence-electron chi connectivity index (χ1n) is 13.3. The summed E-state index contributed by atoms with van der Waals surface area (Å²) in [5.74, 6) is 0.195. The summed E-state index contributed by atoms with van der Waals surface area (Å²) in [6.07, 6.45) is 3.96. The van der Waals surface area contributed by atoms with E-state index in [2.05, 4.69) is 59.9 Å². The SMILES string of the molecule is Cc1ccc([C@H]2C[C@H](CCCNCCc3cccc4ccccc34)Oc3ccccc32)c(C)c1C(=O)O.Cl. The monoisotopic (exact) mass is 529 g/mol. The second-order valence-corrected chi connectivity index (χ2v) is 10.1. The van der Waals surface area contributed by atoms with Crippen LogP contribution in [0.5, 0.6) is 5.75 Å². The van der Waals surface area contributed by atoms with Crippen molar-refractivity contribution in [3.05, 3.63) is 112 Å². The number of hydrogen-bond donors (Lipinski definition) is 2. The third kappa shape index (κ3) is 5.87. The van der Waals surface area contributed by atoms with Gasteiger partial charge in [-0.1, -0.05) is 72.8 Å². The summed E-state index contributed by atoms with van der Waals surface area (Å²) in [6, 6.07) is 27.4. The molecule has 0 fully saturated rings. The molecule has 0 unspecified atom stereocenters. The first-order chi connectivity index (χ1) is 18.0. The van der Waals surface area contributed by atoms with Gasteiger partial charge in [0, 0.05) is 11.5 Å². The molecule has 0 bridgehead atoms. The van der Waals surface area contributed by atoms with Crippen LogP contribution in [0, 0.1) is 13.8 Å². The maximum Gasteiger partial charge on any atom is 0.336 e. The van der Waals surface area contributed by atoms with E-state index in [9.17, 15) is 9.90 Å². The minimum absolute atomic E-state index is 0. The average Bonchev–Trinajstić information content (AvgIpc) is 2.90. The summed E-state index contributed by atoms with van der Waals surface area (Å²) in [5, 5.41) is 16.0. The Bertz CT molecular complexity index is 1410. The van der Waals surface area contributed by atoms with Crippen molar-refractivity contribution >= 4 is 29.1 Å². The van der Waals surface area contributed by atoms with Crippen molar-refractivity contribution in [2.24, 2.45) is 0 Å². The van der Waals surface area contributed by atoms with Crippen LogP contribution >= 0.6 is 12.4 Å². The second kappa shape index (κ2) is 12.5. The number of aromatic carboxylic acids is 1. The fourth-order valence-corrected chi connectivity index (χ4v) is 5.85. The Morgan fingerprint density at radius 1 is 0.921 bits per heavy atom. The minimum atomic E-state index is -0.858. The zero-order chi connectivity index (χ0) is 25.8. The number of rotatable bonds is 9. The lowest BCUT2D eigenvalue weighted by atomic mass is 9.80. The molecule has 5 rings (SSSR count). The van der Waals surface area contributed by atoms with E-state index in [0.29, 0.717) is 5.56 Å². The highest BCUT2D eigenvalue weighted by Crippen LogP contribution is 2.43. The Labute approximate surface area is 231 Å². The molecule has 0 aromatic heterocycles. The van der Waals surface area contributed by atoms with Crippen molar-refractivity contribution in [2.75, 3.05) is 13.1 Å². The first kappa shape index (κ1) is 27.7. The van der Waals surface area contributed by atoms with Gasteiger partial charge in [-0.2, -0.15) is 0 Å². The van der Waals surface area contributed by atoms with Crippen molar-refractivity contribution in [3.8, 4) is 5.75 Å². The topological polar surface area (TPSA) is 58.6 Å². The van der Waals surface area contributed by atoms with Gasteiger partial charge in [-0.15, -0.1) is 12.4 Å². The van der Waals surface area contributed by atoms with Gasteiger partial charge in [-0.05, 0) is 91.7 Å². The Morgan fingerprint density at radius 3 is 2.53 bits per heavy atom. The standard InChI is InChI=1S/C33H35NO3.ClH/c1-22-16-17-27(23(2)32(22)33(35)36)30-21-26(37-31-15-6-5-14-29(30)31)12-8-19-34-20-18-25-11-7-10-24-9-3-4-13-28(24)25;/h3-7,9-11,13-17,26,30,34H,8,12,18-21H2,1-2H3,(H,35,36);1H/t26-,30+;/m0./s1. The molecule has 2 atom stereocenters. The normalized spacial score (nSPS) is 16.4. The van der Waals surface area contributed by atoms with Gasteiger partial charge >= 0.3 is 5.97 Å². The van der Waals surface area contributed by atoms with Crippen LogP contribution in [0.4, 0.5) is 0 Å². The molecule has 0 saturated heterocycles. The molecular formula is C33H36ClNO3. The highest BCUT2D eigenvalue weighted by atomic mass is 35.5. The molecular weight excluding hydrogens is 494 g/mol. The van der Waals surface area contributed by atoms with Gasteiger partial charge in [0.1, 0.15) is 5.75 Å². The number of hydrogen-bond acceptors (Lipinski definition) is 3. The number of nitrogens with one attached hydrogen (secondary N) is 1. The molecule has 0 spiro atoms. The van der Waals surface area contributed by atoms with Crippen molar-refractivity contribution < 1.29 is 14.6 Å². The molecule has 0 amide bonds. The molecule has 2 N–H and O–H groups in total. The Kier molecular flexibility index (Phi) is 9.09. The number of carboxylic acid groups (broad SMARTS) is 1. The van der Waals surface area contributed by atoms with Crippen molar-refractivity contribution in [3.63, 3.8) is 0 Å². The summed E-state index contributed by atoms with van der Waals surface area (Å²) in [6.45, 7) is 5.71. The van der Waals surface area contributed by atoms with E-state index in [1.807, 2.05) is 38.1 Å². The minimum Gasteiger partial charge on any atom is -0.490 e. The highest BCUT2D eigenvalue weighted by molar-refractivity contribution is 5.91. The summed E-state index contributed by atoms with van der Waals surface area (Å²) in [4.78, 5) is 11.9. The van der Waals surface area contributed by atoms with Crippen LogP contribution in [0.3, 0.4) is 0 Å².